The van der Waals surface area contributed by atoms with Gasteiger partial charge in [-0.05, 0) is 24.1 Å². The van der Waals surface area contributed by atoms with Crippen molar-refractivity contribution < 1.29 is 18.0 Å². The standard InChI is InChI=1S/C24H21F3N6O/c1-15-21(24(25,26)27)8-19(12-28-15)32-23(34)7-16-3-5-17(6-4-16)18-10-29-22(30-11-18)9-20-13-33(2)14-31-20/h3-6,8,10-14H,7,9H2,1-2H3,(H,32,34). The molecule has 0 fully saturated rings. The molecule has 7 nitrogen and oxygen atoms in total. The number of amides is 1. The second kappa shape index (κ2) is 9.42. The van der Waals surface area contributed by atoms with Crippen LogP contribution in [0.3, 0.4) is 0 Å². The van der Waals surface area contributed by atoms with Crippen LogP contribution in [-0.2, 0) is 30.9 Å². The van der Waals surface area contributed by atoms with Crippen LogP contribution in [0.1, 0.15) is 28.3 Å². The summed E-state index contributed by atoms with van der Waals surface area (Å²) in [6.07, 6.45) is 4.33. The Balaban J connectivity index is 1.37. The van der Waals surface area contributed by atoms with Gasteiger partial charge in [0, 0.05) is 36.9 Å². The Morgan fingerprint density at radius 3 is 2.32 bits per heavy atom. The predicted molar refractivity (Wildman–Crippen MR) is 120 cm³/mol. The molecule has 10 heteroatoms. The van der Waals surface area contributed by atoms with E-state index in [0.717, 1.165) is 22.9 Å². The fourth-order valence-electron chi connectivity index (χ4n) is 3.41. The van der Waals surface area contributed by atoms with Gasteiger partial charge in [-0.3, -0.25) is 9.78 Å². The Labute approximate surface area is 193 Å². The molecule has 174 valence electrons. The third-order valence-electron chi connectivity index (χ3n) is 5.13. The average Bonchev–Trinajstić information content (AvgIpc) is 3.20. The van der Waals surface area contributed by atoms with Gasteiger partial charge in [0.2, 0.25) is 5.91 Å². The molecule has 1 aromatic carbocycles. The summed E-state index contributed by atoms with van der Waals surface area (Å²) >= 11 is 0. The molecule has 3 aromatic heterocycles. The first-order chi connectivity index (χ1) is 16.2. The molecule has 0 unspecified atom stereocenters. The van der Waals surface area contributed by atoms with E-state index >= 15 is 0 Å². The number of pyridine rings is 1. The van der Waals surface area contributed by atoms with Crippen LogP contribution < -0.4 is 5.32 Å². The van der Waals surface area contributed by atoms with Crippen molar-refractivity contribution in [1.82, 2.24) is 24.5 Å². The molecule has 0 aliphatic rings. The summed E-state index contributed by atoms with van der Waals surface area (Å²) in [6, 6.07) is 8.14. The normalized spacial score (nSPS) is 11.4. The highest BCUT2D eigenvalue weighted by Crippen LogP contribution is 2.32. The minimum Gasteiger partial charge on any atom is -0.340 e. The van der Waals surface area contributed by atoms with Crippen molar-refractivity contribution in [2.75, 3.05) is 5.32 Å². The lowest BCUT2D eigenvalue weighted by Crippen LogP contribution is -2.16. The van der Waals surface area contributed by atoms with E-state index in [2.05, 4.69) is 25.3 Å². The van der Waals surface area contributed by atoms with Gasteiger partial charge < -0.3 is 9.88 Å². The number of rotatable bonds is 6. The van der Waals surface area contributed by atoms with Gasteiger partial charge in [0.25, 0.3) is 0 Å². The first kappa shape index (κ1) is 23.1. The molecular weight excluding hydrogens is 445 g/mol. The first-order valence-electron chi connectivity index (χ1n) is 10.4. The monoisotopic (exact) mass is 466 g/mol. The van der Waals surface area contributed by atoms with Crippen molar-refractivity contribution in [2.45, 2.75) is 25.9 Å². The zero-order chi connectivity index (χ0) is 24.3. The fourth-order valence-corrected chi connectivity index (χ4v) is 3.41. The van der Waals surface area contributed by atoms with Gasteiger partial charge in [0.1, 0.15) is 5.82 Å². The lowest BCUT2D eigenvalue weighted by Gasteiger charge is -2.12. The zero-order valence-corrected chi connectivity index (χ0v) is 18.5. The first-order valence-corrected chi connectivity index (χ1v) is 10.4. The smallest absolute Gasteiger partial charge is 0.340 e. The molecular formula is C24H21F3N6O. The Morgan fingerprint density at radius 1 is 1.00 bits per heavy atom. The van der Waals surface area contributed by atoms with Gasteiger partial charge in [0.05, 0.1) is 42.3 Å². The van der Waals surface area contributed by atoms with Crippen molar-refractivity contribution in [3.8, 4) is 11.1 Å². The Hall–Kier alpha value is -4.08. The van der Waals surface area contributed by atoms with Crippen LogP contribution in [0.2, 0.25) is 0 Å². The zero-order valence-electron chi connectivity index (χ0n) is 18.5. The predicted octanol–water partition coefficient (Wildman–Crippen LogP) is 4.37. The number of alkyl halides is 3. The maximum absolute atomic E-state index is 13.0. The quantitative estimate of drug-likeness (QED) is 0.456. The summed E-state index contributed by atoms with van der Waals surface area (Å²) < 4.78 is 41.0. The third kappa shape index (κ3) is 5.64. The number of carbonyl (C=O) groups is 1. The summed E-state index contributed by atoms with van der Waals surface area (Å²) in [7, 11) is 1.90. The van der Waals surface area contributed by atoms with Crippen LogP contribution in [0.5, 0.6) is 0 Å². The molecule has 0 bridgehead atoms. The maximum atomic E-state index is 13.0. The molecule has 0 aliphatic heterocycles. The Bertz CT molecular complexity index is 1300. The topological polar surface area (TPSA) is 85.6 Å². The number of nitrogens with zero attached hydrogens (tertiary/aromatic N) is 5. The summed E-state index contributed by atoms with van der Waals surface area (Å²) in [6.45, 7) is 1.27. The molecule has 0 saturated carbocycles. The van der Waals surface area contributed by atoms with E-state index in [9.17, 15) is 18.0 Å². The van der Waals surface area contributed by atoms with Crippen LogP contribution in [0, 0.1) is 6.92 Å². The van der Waals surface area contributed by atoms with Crippen LogP contribution in [0.25, 0.3) is 11.1 Å². The van der Waals surface area contributed by atoms with Crippen LogP contribution >= 0.6 is 0 Å². The molecule has 1 N–H and O–H groups in total. The number of hydrogen-bond acceptors (Lipinski definition) is 5. The van der Waals surface area contributed by atoms with Crippen LogP contribution in [0.15, 0.2) is 61.4 Å². The second-order valence-electron chi connectivity index (χ2n) is 7.87. The van der Waals surface area contributed by atoms with Gasteiger partial charge >= 0.3 is 6.18 Å². The summed E-state index contributed by atoms with van der Waals surface area (Å²) in [5.41, 5.74) is 2.29. The largest absolute Gasteiger partial charge is 0.418 e. The number of benzene rings is 1. The molecule has 1 amide bonds. The molecule has 4 aromatic rings. The summed E-state index contributed by atoms with van der Waals surface area (Å²) in [5.74, 6) is 0.226. The lowest BCUT2D eigenvalue weighted by atomic mass is 10.0. The second-order valence-corrected chi connectivity index (χ2v) is 7.87. The van der Waals surface area contributed by atoms with Gasteiger partial charge in [0.15, 0.2) is 0 Å². The SMILES string of the molecule is Cc1ncc(NC(=O)Cc2ccc(-c3cnc(Cc4cn(C)cn4)nc3)cc2)cc1C(F)(F)F. The summed E-state index contributed by atoms with van der Waals surface area (Å²) in [5, 5.41) is 2.48. The van der Waals surface area contributed by atoms with Crippen molar-refractivity contribution in [3.63, 3.8) is 0 Å². The number of nitrogens with one attached hydrogen (secondary N) is 1. The van der Waals surface area contributed by atoms with Crippen molar-refractivity contribution >= 4 is 11.6 Å². The number of hydrogen-bond donors (Lipinski definition) is 1. The Morgan fingerprint density at radius 2 is 1.71 bits per heavy atom. The van der Waals surface area contributed by atoms with E-state index in [4.69, 9.17) is 0 Å². The van der Waals surface area contributed by atoms with Gasteiger partial charge in [-0.2, -0.15) is 13.2 Å². The summed E-state index contributed by atoms with van der Waals surface area (Å²) in [4.78, 5) is 29.1. The van der Waals surface area contributed by atoms with Gasteiger partial charge in [-0.1, -0.05) is 24.3 Å². The minimum atomic E-state index is -4.53. The van der Waals surface area contributed by atoms with E-state index in [1.54, 1.807) is 30.9 Å². The van der Waals surface area contributed by atoms with Gasteiger partial charge in [-0.15, -0.1) is 0 Å². The number of anilines is 1. The Kier molecular flexibility index (Phi) is 6.40. The fraction of sp³-hybridized carbons (Fsp3) is 0.208. The molecule has 3 heterocycles. The number of aryl methyl sites for hydroxylation is 2. The molecule has 34 heavy (non-hydrogen) atoms. The number of imidazole rings is 1. The van der Waals surface area contributed by atoms with Crippen molar-refractivity contribution in [2.24, 2.45) is 7.05 Å². The molecule has 0 aliphatic carbocycles. The number of carbonyl (C=O) groups excluding carboxylic acids is 1. The molecule has 0 radical (unpaired) electrons. The third-order valence-corrected chi connectivity index (χ3v) is 5.13. The van der Waals surface area contributed by atoms with Crippen molar-refractivity contribution in [3.05, 3.63) is 89.8 Å². The van der Waals surface area contributed by atoms with E-state index in [0.29, 0.717) is 17.8 Å². The van der Waals surface area contributed by atoms with E-state index in [-0.39, 0.29) is 17.8 Å². The lowest BCUT2D eigenvalue weighted by molar-refractivity contribution is -0.138. The van der Waals surface area contributed by atoms with E-state index in [1.165, 1.54) is 13.1 Å². The van der Waals surface area contributed by atoms with E-state index in [1.807, 2.05) is 29.9 Å². The van der Waals surface area contributed by atoms with Crippen LogP contribution in [-0.4, -0.2) is 30.4 Å². The molecule has 0 saturated heterocycles. The maximum Gasteiger partial charge on any atom is 0.418 e. The minimum absolute atomic E-state index is 0.00230. The molecule has 4 rings (SSSR count). The number of aromatic nitrogens is 5. The highest BCUT2D eigenvalue weighted by Gasteiger charge is 2.33. The van der Waals surface area contributed by atoms with Gasteiger partial charge in [-0.25, -0.2) is 15.0 Å². The molecule has 0 spiro atoms. The van der Waals surface area contributed by atoms with Crippen LogP contribution in [0.4, 0.5) is 18.9 Å². The van der Waals surface area contributed by atoms with Crippen molar-refractivity contribution in [1.29, 1.82) is 0 Å². The highest BCUT2D eigenvalue weighted by molar-refractivity contribution is 5.92. The highest BCUT2D eigenvalue weighted by atomic mass is 19.4. The van der Waals surface area contributed by atoms with E-state index < -0.39 is 17.6 Å². The molecule has 0 atom stereocenters. The average molecular weight is 466 g/mol. The number of halogens is 3.